The van der Waals surface area contributed by atoms with E-state index in [0.29, 0.717) is 12.0 Å². The molecule has 16 heavy (non-hydrogen) atoms. The molecule has 0 spiro atoms. The van der Waals surface area contributed by atoms with Crippen LogP contribution >= 0.6 is 10.7 Å². The average molecular weight is 266 g/mol. The second-order valence-electron chi connectivity index (χ2n) is 4.66. The number of halogens is 1. The zero-order chi connectivity index (χ0) is 12.2. The van der Waals surface area contributed by atoms with Crippen LogP contribution in [0, 0.1) is 5.92 Å². The first kappa shape index (κ1) is 14.0. The highest BCUT2D eigenvalue weighted by Crippen LogP contribution is 2.21. The summed E-state index contributed by atoms with van der Waals surface area (Å²) in [4.78, 5) is 2.46. The van der Waals surface area contributed by atoms with Gasteiger partial charge in [0.05, 0.1) is 5.75 Å². The minimum absolute atomic E-state index is 0.0603. The summed E-state index contributed by atoms with van der Waals surface area (Å²) in [6.07, 6.45) is 5.75. The average Bonchev–Trinajstić information content (AvgIpc) is 2.59. The fraction of sp³-hybridized carbons (Fsp3) is 0.818. The Morgan fingerprint density at radius 2 is 2.12 bits per heavy atom. The number of hydrogen-bond acceptors (Lipinski definition) is 3. The fourth-order valence-electron chi connectivity index (χ4n) is 2.00. The monoisotopic (exact) mass is 265 g/mol. The van der Waals surface area contributed by atoms with Gasteiger partial charge in [0.25, 0.3) is 0 Å². The topological polar surface area (TPSA) is 37.4 Å². The van der Waals surface area contributed by atoms with E-state index >= 15 is 0 Å². The molecule has 1 fully saturated rings. The van der Waals surface area contributed by atoms with Gasteiger partial charge >= 0.3 is 0 Å². The van der Waals surface area contributed by atoms with Crippen LogP contribution in [0.15, 0.2) is 12.2 Å². The number of nitrogens with zero attached hydrogens (tertiary/aromatic N) is 1. The van der Waals surface area contributed by atoms with Gasteiger partial charge < -0.3 is 4.90 Å². The second kappa shape index (κ2) is 6.03. The van der Waals surface area contributed by atoms with Gasteiger partial charge in [-0.3, -0.25) is 0 Å². The van der Waals surface area contributed by atoms with E-state index in [2.05, 4.69) is 18.7 Å². The highest BCUT2D eigenvalue weighted by atomic mass is 35.7. The van der Waals surface area contributed by atoms with Crippen LogP contribution in [0.25, 0.3) is 0 Å². The molecule has 1 unspecified atom stereocenters. The third-order valence-electron chi connectivity index (χ3n) is 2.98. The molecule has 1 saturated heterocycles. The van der Waals surface area contributed by atoms with Crippen molar-refractivity contribution >= 4 is 19.7 Å². The standard InChI is InChI=1S/C11H20ClNO2S/c1-10(2)13-7-6-11(9-13)5-3-4-8-16(12,14)15/h3-4,10-11H,5-9H2,1-2H3/b4-3-. The Morgan fingerprint density at radius 1 is 1.44 bits per heavy atom. The molecule has 0 saturated carbocycles. The molecule has 0 N–H and O–H groups in total. The Balaban J connectivity index is 2.25. The molecule has 1 aliphatic rings. The van der Waals surface area contributed by atoms with E-state index in [1.807, 2.05) is 6.08 Å². The van der Waals surface area contributed by atoms with E-state index in [1.54, 1.807) is 6.08 Å². The van der Waals surface area contributed by atoms with Crippen LogP contribution in [0.4, 0.5) is 0 Å². The van der Waals surface area contributed by atoms with Crippen molar-refractivity contribution in [1.82, 2.24) is 4.90 Å². The molecule has 0 aromatic heterocycles. The summed E-state index contributed by atoms with van der Waals surface area (Å²) in [7, 11) is 1.74. The Morgan fingerprint density at radius 3 is 2.62 bits per heavy atom. The van der Waals surface area contributed by atoms with Gasteiger partial charge in [-0.2, -0.15) is 0 Å². The van der Waals surface area contributed by atoms with E-state index in [1.165, 1.54) is 6.42 Å². The van der Waals surface area contributed by atoms with E-state index in [-0.39, 0.29) is 5.75 Å². The molecule has 0 radical (unpaired) electrons. The lowest BCUT2D eigenvalue weighted by Crippen LogP contribution is -2.28. The molecular formula is C11H20ClNO2S. The third kappa shape index (κ3) is 5.32. The summed E-state index contributed by atoms with van der Waals surface area (Å²) in [5.41, 5.74) is 0. The van der Waals surface area contributed by atoms with E-state index in [4.69, 9.17) is 10.7 Å². The van der Waals surface area contributed by atoms with Gasteiger partial charge in [-0.25, -0.2) is 8.42 Å². The predicted molar refractivity (Wildman–Crippen MR) is 68.2 cm³/mol. The SMILES string of the molecule is CC(C)N1CCC(C/C=C\CS(=O)(=O)Cl)C1. The van der Waals surface area contributed by atoms with Crippen LogP contribution in [-0.4, -0.2) is 38.2 Å². The van der Waals surface area contributed by atoms with Gasteiger partial charge in [-0.15, -0.1) is 0 Å². The zero-order valence-corrected chi connectivity index (χ0v) is 11.5. The van der Waals surface area contributed by atoms with E-state index in [9.17, 15) is 8.42 Å². The third-order valence-corrected chi connectivity index (χ3v) is 3.95. The first-order valence-electron chi connectivity index (χ1n) is 5.70. The summed E-state index contributed by atoms with van der Waals surface area (Å²) in [6.45, 7) is 6.69. The quantitative estimate of drug-likeness (QED) is 0.565. The molecule has 1 heterocycles. The minimum Gasteiger partial charge on any atom is -0.301 e. The van der Waals surface area contributed by atoms with Crippen LogP contribution in [0.3, 0.4) is 0 Å². The van der Waals surface area contributed by atoms with Gasteiger partial charge in [0.2, 0.25) is 9.05 Å². The van der Waals surface area contributed by atoms with Gasteiger partial charge in [0, 0.05) is 23.3 Å². The Bertz CT molecular complexity index is 338. The Hall–Kier alpha value is -0.0600. The highest BCUT2D eigenvalue weighted by Gasteiger charge is 2.22. The maximum absolute atomic E-state index is 10.7. The maximum Gasteiger partial charge on any atom is 0.236 e. The van der Waals surface area contributed by atoms with Gasteiger partial charge in [0.1, 0.15) is 0 Å². The lowest BCUT2D eigenvalue weighted by molar-refractivity contribution is 0.265. The van der Waals surface area contributed by atoms with Crippen molar-refractivity contribution in [3.63, 3.8) is 0 Å². The number of rotatable bonds is 5. The summed E-state index contributed by atoms with van der Waals surface area (Å²) in [6, 6.07) is 0.609. The van der Waals surface area contributed by atoms with Crippen molar-refractivity contribution in [2.45, 2.75) is 32.7 Å². The van der Waals surface area contributed by atoms with Gasteiger partial charge in [0.15, 0.2) is 0 Å². The Labute approximate surface area is 103 Å². The Kier molecular flexibility index (Phi) is 5.28. The molecule has 0 aromatic rings. The number of hydrogen-bond donors (Lipinski definition) is 0. The molecule has 5 heteroatoms. The summed E-state index contributed by atoms with van der Waals surface area (Å²) >= 11 is 0. The van der Waals surface area contributed by atoms with Crippen molar-refractivity contribution in [3.8, 4) is 0 Å². The van der Waals surface area contributed by atoms with Crippen molar-refractivity contribution in [1.29, 1.82) is 0 Å². The smallest absolute Gasteiger partial charge is 0.236 e. The molecule has 94 valence electrons. The van der Waals surface area contributed by atoms with Crippen LogP contribution in [0.1, 0.15) is 26.7 Å². The number of allylic oxidation sites excluding steroid dienone is 1. The van der Waals surface area contributed by atoms with E-state index in [0.717, 1.165) is 19.5 Å². The fourth-order valence-corrected chi connectivity index (χ4v) is 2.58. The summed E-state index contributed by atoms with van der Waals surface area (Å²) < 4.78 is 21.3. The molecule has 0 amide bonds. The molecule has 0 aromatic carbocycles. The van der Waals surface area contributed by atoms with Crippen molar-refractivity contribution in [3.05, 3.63) is 12.2 Å². The second-order valence-corrected chi connectivity index (χ2v) is 7.48. The van der Waals surface area contributed by atoms with Crippen LogP contribution in [0.2, 0.25) is 0 Å². The first-order valence-corrected chi connectivity index (χ1v) is 8.17. The highest BCUT2D eigenvalue weighted by molar-refractivity contribution is 8.13. The van der Waals surface area contributed by atoms with Crippen LogP contribution < -0.4 is 0 Å². The summed E-state index contributed by atoms with van der Waals surface area (Å²) in [5, 5.41) is 0. The molecule has 1 atom stereocenters. The van der Waals surface area contributed by atoms with Gasteiger partial charge in [-0.1, -0.05) is 12.2 Å². The first-order chi connectivity index (χ1) is 7.38. The lowest BCUT2D eigenvalue weighted by Gasteiger charge is -2.19. The molecule has 1 rings (SSSR count). The lowest BCUT2D eigenvalue weighted by atomic mass is 10.1. The molecule has 0 aliphatic carbocycles. The maximum atomic E-state index is 10.7. The van der Waals surface area contributed by atoms with Crippen molar-refractivity contribution < 1.29 is 8.42 Å². The van der Waals surface area contributed by atoms with Crippen LogP contribution in [0.5, 0.6) is 0 Å². The normalized spacial score (nSPS) is 23.6. The van der Waals surface area contributed by atoms with Crippen molar-refractivity contribution in [2.24, 2.45) is 5.92 Å². The molecular weight excluding hydrogens is 246 g/mol. The molecule has 3 nitrogen and oxygen atoms in total. The van der Waals surface area contributed by atoms with Gasteiger partial charge in [-0.05, 0) is 39.2 Å². The van der Waals surface area contributed by atoms with Crippen LogP contribution in [-0.2, 0) is 9.05 Å². The number of likely N-dealkylation sites (tertiary alicyclic amines) is 1. The zero-order valence-electron chi connectivity index (χ0n) is 9.89. The minimum atomic E-state index is -3.37. The van der Waals surface area contributed by atoms with Crippen molar-refractivity contribution in [2.75, 3.05) is 18.8 Å². The molecule has 1 aliphatic heterocycles. The largest absolute Gasteiger partial charge is 0.301 e. The predicted octanol–water partition coefficient (Wildman–Crippen LogP) is 2.23. The summed E-state index contributed by atoms with van der Waals surface area (Å²) in [5.74, 6) is 0.603. The molecule has 0 bridgehead atoms. The van der Waals surface area contributed by atoms with E-state index < -0.39 is 9.05 Å².